The lowest BCUT2D eigenvalue weighted by Gasteiger charge is -2.32. The van der Waals surface area contributed by atoms with E-state index in [0.717, 1.165) is 37.7 Å². The van der Waals surface area contributed by atoms with E-state index in [9.17, 15) is 19.5 Å². The number of rotatable bonds is 12. The Morgan fingerprint density at radius 3 is 2.58 bits per heavy atom. The number of aromatic hydroxyl groups is 1. The van der Waals surface area contributed by atoms with Gasteiger partial charge in [0.25, 0.3) is 5.91 Å². The van der Waals surface area contributed by atoms with Gasteiger partial charge in [0.05, 0.1) is 29.5 Å². The van der Waals surface area contributed by atoms with E-state index in [-0.39, 0.29) is 23.8 Å². The van der Waals surface area contributed by atoms with Crippen LogP contribution in [0.1, 0.15) is 66.8 Å². The molecule has 10 nitrogen and oxygen atoms in total. The lowest BCUT2D eigenvalue weighted by atomic mass is 9.74. The van der Waals surface area contributed by atoms with Crippen LogP contribution in [0.2, 0.25) is 0 Å². The van der Waals surface area contributed by atoms with Crippen LogP contribution in [0.5, 0.6) is 5.75 Å². The molecule has 40 heavy (non-hydrogen) atoms. The molecule has 0 bridgehead atoms. The van der Waals surface area contributed by atoms with Gasteiger partial charge in [-0.15, -0.1) is 0 Å². The standard InChI is InChI=1S/C30H41N5O5/c1-6-21-11-8-14-30(4,17-21)28(39)32-18-24(27(38)40-5)35-26(37)25-19(2)33-29(34-20(25)3)31-15-9-12-22-10-7-13-23(36)16-22/h7-8,10,13-14,16,21,24,36H,6,9,11-12,15,17-18H2,1-5H3,(H,32,39)(H,35,37)(H,31,33,34)/t21?,24-,30?/m0/s1. The van der Waals surface area contributed by atoms with Crippen molar-refractivity contribution in [2.45, 2.75) is 65.8 Å². The number of hydrogen-bond donors (Lipinski definition) is 4. The predicted molar refractivity (Wildman–Crippen MR) is 153 cm³/mol. The van der Waals surface area contributed by atoms with Crippen molar-refractivity contribution in [2.75, 3.05) is 25.5 Å². The van der Waals surface area contributed by atoms with E-state index in [1.165, 1.54) is 7.11 Å². The van der Waals surface area contributed by atoms with Crippen molar-refractivity contribution < 1.29 is 24.2 Å². The maximum atomic E-state index is 13.2. The maximum absolute atomic E-state index is 13.2. The fourth-order valence-corrected chi connectivity index (χ4v) is 5.04. The Hall–Kier alpha value is -3.95. The number of nitrogens with one attached hydrogen (secondary N) is 3. The Morgan fingerprint density at radius 2 is 1.93 bits per heavy atom. The molecule has 2 amide bonds. The summed E-state index contributed by atoms with van der Waals surface area (Å²) in [6.07, 6.45) is 8.21. The van der Waals surface area contributed by atoms with Crippen LogP contribution in [-0.4, -0.2) is 59.1 Å². The minimum absolute atomic E-state index is 0.102. The zero-order valence-corrected chi connectivity index (χ0v) is 24.0. The first-order chi connectivity index (χ1) is 19.1. The molecule has 2 unspecified atom stereocenters. The molecule has 1 heterocycles. The Morgan fingerprint density at radius 1 is 1.20 bits per heavy atom. The molecule has 2 aromatic rings. The second-order valence-electron chi connectivity index (χ2n) is 10.6. The summed E-state index contributed by atoms with van der Waals surface area (Å²) in [5.74, 6) is -0.306. The highest BCUT2D eigenvalue weighted by Gasteiger charge is 2.36. The fraction of sp³-hybridized carbons (Fsp3) is 0.500. The second kappa shape index (κ2) is 13.9. The highest BCUT2D eigenvalue weighted by atomic mass is 16.5. The van der Waals surface area contributed by atoms with Crippen LogP contribution in [-0.2, 0) is 20.7 Å². The van der Waals surface area contributed by atoms with Gasteiger partial charge in [-0.25, -0.2) is 14.8 Å². The van der Waals surface area contributed by atoms with Gasteiger partial charge in [0.15, 0.2) is 0 Å². The van der Waals surface area contributed by atoms with E-state index < -0.39 is 23.3 Å². The van der Waals surface area contributed by atoms with Crippen LogP contribution in [0.3, 0.4) is 0 Å². The fourth-order valence-electron chi connectivity index (χ4n) is 5.04. The maximum Gasteiger partial charge on any atom is 0.330 e. The molecule has 3 rings (SSSR count). The number of phenolic OH excluding ortho intramolecular Hbond substituents is 1. The molecule has 1 aliphatic rings. The van der Waals surface area contributed by atoms with Crippen LogP contribution in [0, 0.1) is 25.2 Å². The molecule has 4 N–H and O–H groups in total. The van der Waals surface area contributed by atoms with Gasteiger partial charge in [0.2, 0.25) is 11.9 Å². The summed E-state index contributed by atoms with van der Waals surface area (Å²) >= 11 is 0. The highest BCUT2D eigenvalue weighted by molar-refractivity contribution is 5.98. The third-order valence-corrected chi connectivity index (χ3v) is 7.36. The zero-order chi connectivity index (χ0) is 29.3. The van der Waals surface area contributed by atoms with Crippen LogP contribution in [0.4, 0.5) is 5.95 Å². The summed E-state index contributed by atoms with van der Waals surface area (Å²) in [6, 6.07) is 6.07. The first kappa shape index (κ1) is 30.6. The van der Waals surface area contributed by atoms with Crippen molar-refractivity contribution in [1.29, 1.82) is 0 Å². The molecular weight excluding hydrogens is 510 g/mol. The molecule has 10 heteroatoms. The SMILES string of the molecule is CCC1CC=CC(C)(C(=O)NC[C@H](NC(=O)c2c(C)nc(NCCCc3cccc(O)c3)nc2C)C(=O)OC)C1. The number of amides is 2. The van der Waals surface area contributed by atoms with E-state index in [1.54, 1.807) is 26.0 Å². The van der Waals surface area contributed by atoms with Crippen molar-refractivity contribution in [3.05, 3.63) is 58.9 Å². The number of benzene rings is 1. The third-order valence-electron chi connectivity index (χ3n) is 7.36. The minimum Gasteiger partial charge on any atom is -0.508 e. The van der Waals surface area contributed by atoms with E-state index >= 15 is 0 Å². The average Bonchev–Trinajstić information content (AvgIpc) is 2.92. The summed E-state index contributed by atoms with van der Waals surface area (Å²) < 4.78 is 4.89. The van der Waals surface area contributed by atoms with E-state index in [0.29, 0.717) is 29.8 Å². The Bertz CT molecular complexity index is 1220. The van der Waals surface area contributed by atoms with Gasteiger partial charge in [0, 0.05) is 13.1 Å². The minimum atomic E-state index is -1.08. The normalized spacial score (nSPS) is 19.0. The number of aryl methyl sites for hydroxylation is 3. The Kier molecular flexibility index (Phi) is 10.6. The summed E-state index contributed by atoms with van der Waals surface area (Å²) in [4.78, 5) is 47.6. The molecule has 0 radical (unpaired) electrons. The molecule has 1 aromatic heterocycles. The first-order valence-corrected chi connectivity index (χ1v) is 13.8. The van der Waals surface area contributed by atoms with Gasteiger partial charge in [0.1, 0.15) is 11.8 Å². The van der Waals surface area contributed by atoms with E-state index in [4.69, 9.17) is 4.74 Å². The summed E-state index contributed by atoms with van der Waals surface area (Å²) in [6.45, 7) is 7.92. The molecular formula is C30H41N5O5. The van der Waals surface area contributed by atoms with Crippen molar-refractivity contribution >= 4 is 23.7 Å². The van der Waals surface area contributed by atoms with Crippen LogP contribution >= 0.6 is 0 Å². The molecule has 1 aliphatic carbocycles. The van der Waals surface area contributed by atoms with Gasteiger partial charge < -0.3 is 25.8 Å². The van der Waals surface area contributed by atoms with Gasteiger partial charge in [-0.1, -0.05) is 37.6 Å². The molecule has 1 aromatic carbocycles. The van der Waals surface area contributed by atoms with Gasteiger partial charge in [-0.2, -0.15) is 0 Å². The summed E-state index contributed by atoms with van der Waals surface area (Å²) in [5, 5.41) is 18.3. The molecule has 0 saturated carbocycles. The first-order valence-electron chi connectivity index (χ1n) is 13.8. The number of allylic oxidation sites excluding steroid dienone is 1. The van der Waals surface area contributed by atoms with Crippen molar-refractivity contribution in [3.63, 3.8) is 0 Å². The highest BCUT2D eigenvalue weighted by Crippen LogP contribution is 2.35. The number of hydrogen-bond acceptors (Lipinski definition) is 8. The molecule has 0 saturated heterocycles. The van der Waals surface area contributed by atoms with E-state index in [2.05, 4.69) is 32.8 Å². The number of anilines is 1. The van der Waals surface area contributed by atoms with E-state index in [1.807, 2.05) is 31.2 Å². The third kappa shape index (κ3) is 8.03. The van der Waals surface area contributed by atoms with Crippen molar-refractivity contribution in [3.8, 4) is 5.75 Å². The number of carbonyl (C=O) groups is 3. The quantitative estimate of drug-likeness (QED) is 0.178. The predicted octanol–water partition coefficient (Wildman–Crippen LogP) is 3.61. The Labute approximate surface area is 236 Å². The number of ether oxygens (including phenoxy) is 1. The largest absolute Gasteiger partial charge is 0.508 e. The number of methoxy groups -OCH3 is 1. The number of esters is 1. The Balaban J connectivity index is 1.60. The zero-order valence-electron chi connectivity index (χ0n) is 24.0. The lowest BCUT2D eigenvalue weighted by molar-refractivity contribution is -0.143. The number of aromatic nitrogens is 2. The lowest BCUT2D eigenvalue weighted by Crippen LogP contribution is -2.51. The molecule has 216 valence electrons. The molecule has 0 spiro atoms. The summed E-state index contributed by atoms with van der Waals surface area (Å²) in [5.41, 5.74) is 1.54. The van der Waals surface area contributed by atoms with Crippen molar-refractivity contribution in [2.24, 2.45) is 11.3 Å². The van der Waals surface area contributed by atoms with Gasteiger partial charge in [-0.3, -0.25) is 9.59 Å². The van der Waals surface area contributed by atoms with Gasteiger partial charge in [-0.05, 0) is 70.1 Å². The van der Waals surface area contributed by atoms with Crippen LogP contribution in [0.15, 0.2) is 36.4 Å². The van der Waals surface area contributed by atoms with Crippen LogP contribution < -0.4 is 16.0 Å². The van der Waals surface area contributed by atoms with Gasteiger partial charge >= 0.3 is 5.97 Å². The smallest absolute Gasteiger partial charge is 0.330 e. The monoisotopic (exact) mass is 551 g/mol. The summed E-state index contributed by atoms with van der Waals surface area (Å²) in [7, 11) is 1.24. The van der Waals surface area contributed by atoms with Crippen molar-refractivity contribution in [1.82, 2.24) is 20.6 Å². The molecule has 0 aliphatic heterocycles. The topological polar surface area (TPSA) is 143 Å². The molecule has 3 atom stereocenters. The number of nitrogens with zero attached hydrogens (tertiary/aromatic N) is 2. The second-order valence-corrected chi connectivity index (χ2v) is 10.6. The van der Waals surface area contributed by atoms with Crippen LogP contribution in [0.25, 0.3) is 0 Å². The average molecular weight is 552 g/mol. The molecule has 0 fully saturated rings. The number of carbonyl (C=O) groups excluding carboxylic acids is 3. The number of phenols is 1.